The van der Waals surface area contributed by atoms with E-state index < -0.39 is 55.9 Å². The molecule has 7 N–H and O–H groups in total. The summed E-state index contributed by atoms with van der Waals surface area (Å²) in [4.78, 5) is 22.0. The van der Waals surface area contributed by atoms with E-state index in [1.807, 2.05) is 0 Å². The quantitative estimate of drug-likeness (QED) is 0.234. The summed E-state index contributed by atoms with van der Waals surface area (Å²) in [7, 11) is -2.11. The lowest BCUT2D eigenvalue weighted by atomic mass is 9.90. The van der Waals surface area contributed by atoms with Crippen molar-refractivity contribution in [2.45, 2.75) is 49.5 Å². The molecule has 0 radical (unpaired) electrons. The second-order valence-electron chi connectivity index (χ2n) is 6.03. The lowest BCUT2D eigenvalue weighted by molar-refractivity contribution is -0.134. The van der Waals surface area contributed by atoms with E-state index in [9.17, 15) is 35.0 Å². The van der Waals surface area contributed by atoms with E-state index in [0.717, 1.165) is 12.2 Å². The molecule has 12 heteroatoms. The number of aliphatic carboxylic acids is 2. The van der Waals surface area contributed by atoms with Crippen molar-refractivity contribution >= 4 is 19.3 Å². The zero-order valence-electron chi connectivity index (χ0n) is 13.4. The molecule has 0 amide bonds. The van der Waals surface area contributed by atoms with Crippen LogP contribution in [0, 0.1) is 0 Å². The molecule has 0 aromatic carbocycles. The number of carboxylic acid groups (broad SMARTS) is 2. The molecular formula is C14H19BO11. The van der Waals surface area contributed by atoms with Crippen molar-refractivity contribution in [1.82, 2.24) is 0 Å². The van der Waals surface area contributed by atoms with Gasteiger partial charge >= 0.3 is 19.3 Å². The lowest BCUT2D eigenvalue weighted by Crippen LogP contribution is -2.49. The van der Waals surface area contributed by atoms with Gasteiger partial charge in [-0.3, -0.25) is 0 Å². The molecule has 6 atom stereocenters. The Morgan fingerprint density at radius 3 is 1.50 bits per heavy atom. The smallest absolute Gasteiger partial charge is 0.478 e. The maximum Gasteiger partial charge on any atom is 0.637 e. The van der Waals surface area contributed by atoms with Crippen molar-refractivity contribution in [1.29, 1.82) is 0 Å². The van der Waals surface area contributed by atoms with Gasteiger partial charge in [0.05, 0.1) is 24.4 Å². The third-order valence-corrected chi connectivity index (χ3v) is 4.15. The van der Waals surface area contributed by atoms with Crippen LogP contribution in [-0.4, -0.2) is 91.5 Å². The minimum atomic E-state index is -2.11. The highest BCUT2D eigenvalue weighted by atomic mass is 16.7. The van der Waals surface area contributed by atoms with Gasteiger partial charge in [-0.2, -0.15) is 0 Å². The van der Waals surface area contributed by atoms with Crippen LogP contribution in [0.2, 0.25) is 0 Å². The number of aliphatic hydroxyl groups is 4. The highest BCUT2D eigenvalue weighted by Gasteiger charge is 2.40. The molecule has 0 bridgehead atoms. The summed E-state index contributed by atoms with van der Waals surface area (Å²) in [6.07, 6.45) is -7.44. The summed E-state index contributed by atoms with van der Waals surface area (Å²) in [5.41, 5.74) is -0.470. The van der Waals surface area contributed by atoms with Crippen molar-refractivity contribution in [3.63, 3.8) is 0 Å². The Bertz CT molecular complexity index is 566. The van der Waals surface area contributed by atoms with E-state index in [1.165, 1.54) is 0 Å². The molecule has 0 fully saturated rings. The van der Waals surface area contributed by atoms with Crippen molar-refractivity contribution in [2.75, 3.05) is 0 Å². The molecule has 0 spiro atoms. The average Bonchev–Trinajstić information content (AvgIpc) is 2.55. The third-order valence-electron chi connectivity index (χ3n) is 4.15. The van der Waals surface area contributed by atoms with Crippen molar-refractivity contribution in [2.24, 2.45) is 0 Å². The molecule has 26 heavy (non-hydrogen) atoms. The lowest BCUT2D eigenvalue weighted by Gasteiger charge is -2.33. The molecule has 0 saturated heterocycles. The number of carboxylic acids is 2. The minimum Gasteiger partial charge on any atom is -0.478 e. The highest BCUT2D eigenvalue weighted by Crippen LogP contribution is 2.25. The van der Waals surface area contributed by atoms with Crippen LogP contribution < -0.4 is 0 Å². The van der Waals surface area contributed by atoms with Crippen LogP contribution in [0.1, 0.15) is 12.8 Å². The van der Waals surface area contributed by atoms with Crippen LogP contribution in [0.15, 0.2) is 23.3 Å². The maximum atomic E-state index is 11.0. The normalized spacial score (nSPS) is 34.7. The number of hydrogen-bond donors (Lipinski definition) is 7. The van der Waals surface area contributed by atoms with Gasteiger partial charge in [-0.15, -0.1) is 0 Å². The van der Waals surface area contributed by atoms with Gasteiger partial charge in [0.1, 0.15) is 12.2 Å². The topological polar surface area (TPSA) is 194 Å². The van der Waals surface area contributed by atoms with Crippen molar-refractivity contribution < 1.29 is 54.6 Å². The zero-order chi connectivity index (χ0) is 19.6. The van der Waals surface area contributed by atoms with Crippen LogP contribution >= 0.6 is 0 Å². The second-order valence-corrected chi connectivity index (χ2v) is 6.03. The molecular weight excluding hydrogens is 355 g/mol. The Labute approximate surface area is 147 Å². The molecule has 11 nitrogen and oxygen atoms in total. The summed E-state index contributed by atoms with van der Waals surface area (Å²) in [6.45, 7) is 0. The first-order valence-electron chi connectivity index (χ1n) is 7.69. The van der Waals surface area contributed by atoms with Crippen LogP contribution in [0.5, 0.6) is 0 Å². The van der Waals surface area contributed by atoms with E-state index in [0.29, 0.717) is 0 Å². The fraction of sp³-hybridized carbons (Fsp3) is 0.571. The van der Waals surface area contributed by atoms with Crippen LogP contribution in [-0.2, 0) is 18.9 Å². The van der Waals surface area contributed by atoms with Gasteiger partial charge in [0.25, 0.3) is 0 Å². The first-order chi connectivity index (χ1) is 12.1. The van der Waals surface area contributed by atoms with E-state index in [-0.39, 0.29) is 24.0 Å². The summed E-state index contributed by atoms with van der Waals surface area (Å²) in [5.74, 6) is -2.67. The van der Waals surface area contributed by atoms with E-state index in [2.05, 4.69) is 0 Å². The monoisotopic (exact) mass is 374 g/mol. The first-order valence-corrected chi connectivity index (χ1v) is 7.69. The highest BCUT2D eigenvalue weighted by molar-refractivity contribution is 6.34. The van der Waals surface area contributed by atoms with E-state index in [4.69, 9.17) is 19.5 Å². The summed E-state index contributed by atoms with van der Waals surface area (Å²) in [5, 5.41) is 66.8. The van der Waals surface area contributed by atoms with Gasteiger partial charge in [-0.1, -0.05) is 0 Å². The first kappa shape index (κ1) is 20.5. The molecule has 0 aromatic rings. The fourth-order valence-corrected chi connectivity index (χ4v) is 2.72. The summed E-state index contributed by atoms with van der Waals surface area (Å²) < 4.78 is 9.90. The molecule has 0 heterocycles. The number of carbonyl (C=O) groups is 2. The number of hydrogen-bond acceptors (Lipinski definition) is 9. The molecule has 2 aliphatic carbocycles. The Morgan fingerprint density at radius 2 is 1.19 bits per heavy atom. The van der Waals surface area contributed by atoms with Crippen molar-refractivity contribution in [3.8, 4) is 0 Å². The van der Waals surface area contributed by atoms with Crippen molar-refractivity contribution in [3.05, 3.63) is 23.3 Å². The largest absolute Gasteiger partial charge is 0.637 e. The molecule has 0 saturated carbocycles. The van der Waals surface area contributed by atoms with Gasteiger partial charge in [0, 0.05) is 24.0 Å². The standard InChI is InChI=1S/C14H19BO11/c16-7-1-5(13(20)21)3-9(11(7)18)25-15(24)26-10-4-6(14(22)23)2-8(17)12(10)19/h3-4,7-12,16-19,24H,1-2H2,(H,20,21)(H,22,23)/t7-,8-,9-,10-,11+,12+/m1/s1. The second kappa shape index (κ2) is 8.27. The van der Waals surface area contributed by atoms with E-state index >= 15 is 0 Å². The molecule has 0 aromatic heterocycles. The molecule has 0 unspecified atom stereocenters. The predicted octanol–water partition coefficient (Wildman–Crippen LogP) is -2.99. The minimum absolute atomic E-state index is 0.235. The van der Waals surface area contributed by atoms with Crippen LogP contribution in [0.25, 0.3) is 0 Å². The van der Waals surface area contributed by atoms with Gasteiger partial charge < -0.3 is 45.0 Å². The van der Waals surface area contributed by atoms with E-state index in [1.54, 1.807) is 0 Å². The maximum absolute atomic E-state index is 11.0. The Morgan fingerprint density at radius 1 is 0.846 bits per heavy atom. The fourth-order valence-electron chi connectivity index (χ4n) is 2.72. The number of rotatable bonds is 6. The molecule has 2 rings (SSSR count). The van der Waals surface area contributed by atoms with Gasteiger partial charge in [-0.05, 0) is 12.2 Å². The van der Waals surface area contributed by atoms with Crippen LogP contribution in [0.3, 0.4) is 0 Å². The Kier molecular flexibility index (Phi) is 6.52. The zero-order valence-corrected chi connectivity index (χ0v) is 13.4. The van der Waals surface area contributed by atoms with Gasteiger partial charge in [-0.25, -0.2) is 9.59 Å². The summed E-state index contributed by atoms with van der Waals surface area (Å²) in [6, 6.07) is 0. The molecule has 144 valence electrons. The third kappa shape index (κ3) is 4.68. The number of aliphatic hydroxyl groups excluding tert-OH is 4. The Balaban J connectivity index is 2.08. The van der Waals surface area contributed by atoms with Crippen LogP contribution in [0.4, 0.5) is 0 Å². The SMILES string of the molecule is O=C(O)C1=C[C@@H](OB(O)O[C@@H]2C=C(C(=O)O)C[C@@H](O)[C@@H]2O)[C@@H](O)[C@H](O)C1. The van der Waals surface area contributed by atoms with Gasteiger partial charge in [0.15, 0.2) is 0 Å². The Hall–Kier alpha value is -1.80. The summed E-state index contributed by atoms with van der Waals surface area (Å²) >= 11 is 0. The molecule has 2 aliphatic rings. The molecule has 0 aliphatic heterocycles. The average molecular weight is 374 g/mol. The van der Waals surface area contributed by atoms with Gasteiger partial charge in [0.2, 0.25) is 0 Å². The predicted molar refractivity (Wildman–Crippen MR) is 82.4 cm³/mol.